The Morgan fingerprint density at radius 1 is 1.00 bits per heavy atom. The SMILES string of the molecule is CC(C)CC(N)C(=O)CNC(=O)CC(NC(C)C)C(=O)C(C)C. The van der Waals surface area contributed by atoms with Crippen LogP contribution in [0, 0.1) is 11.8 Å². The second-order valence-corrected chi connectivity index (χ2v) is 7.11. The van der Waals surface area contributed by atoms with Gasteiger partial charge in [0.25, 0.3) is 0 Å². The third-order valence-electron chi connectivity index (χ3n) is 3.44. The molecule has 0 aliphatic heterocycles. The molecule has 2 unspecified atom stereocenters. The van der Waals surface area contributed by atoms with E-state index in [0.717, 1.165) is 0 Å². The van der Waals surface area contributed by atoms with Gasteiger partial charge < -0.3 is 16.4 Å². The highest BCUT2D eigenvalue weighted by molar-refractivity contribution is 5.93. The zero-order chi connectivity index (χ0) is 18.2. The summed E-state index contributed by atoms with van der Waals surface area (Å²) in [5, 5.41) is 5.68. The van der Waals surface area contributed by atoms with Crippen molar-refractivity contribution in [3.05, 3.63) is 0 Å². The van der Waals surface area contributed by atoms with Gasteiger partial charge in [-0.2, -0.15) is 0 Å². The number of ketones is 2. The van der Waals surface area contributed by atoms with E-state index in [0.29, 0.717) is 12.3 Å². The van der Waals surface area contributed by atoms with E-state index in [1.807, 2.05) is 41.5 Å². The average molecular weight is 327 g/mol. The molecule has 6 nitrogen and oxygen atoms in total. The minimum absolute atomic E-state index is 0.00307. The third-order valence-corrected chi connectivity index (χ3v) is 3.44. The summed E-state index contributed by atoms with van der Waals surface area (Å²) in [5.74, 6) is -0.331. The Morgan fingerprint density at radius 2 is 1.57 bits per heavy atom. The lowest BCUT2D eigenvalue weighted by atomic mass is 9.98. The fourth-order valence-electron chi connectivity index (χ4n) is 2.26. The van der Waals surface area contributed by atoms with E-state index in [-0.39, 0.29) is 42.4 Å². The molecule has 23 heavy (non-hydrogen) atoms. The van der Waals surface area contributed by atoms with Gasteiger partial charge in [0.1, 0.15) is 0 Å². The first-order valence-corrected chi connectivity index (χ1v) is 8.39. The molecular formula is C17H33N3O3. The van der Waals surface area contributed by atoms with E-state index in [9.17, 15) is 14.4 Å². The van der Waals surface area contributed by atoms with Gasteiger partial charge >= 0.3 is 0 Å². The molecule has 0 bridgehead atoms. The summed E-state index contributed by atoms with van der Waals surface area (Å²) >= 11 is 0. The van der Waals surface area contributed by atoms with E-state index in [4.69, 9.17) is 5.73 Å². The van der Waals surface area contributed by atoms with Gasteiger partial charge in [-0.3, -0.25) is 14.4 Å². The minimum atomic E-state index is -0.558. The number of rotatable bonds is 11. The average Bonchev–Trinajstić information content (AvgIpc) is 2.41. The number of hydrogen-bond acceptors (Lipinski definition) is 5. The molecule has 0 aromatic carbocycles. The van der Waals surface area contributed by atoms with E-state index < -0.39 is 12.1 Å². The lowest BCUT2D eigenvalue weighted by molar-refractivity contribution is -0.130. The van der Waals surface area contributed by atoms with Crippen molar-refractivity contribution in [1.82, 2.24) is 10.6 Å². The Bertz CT molecular complexity index is 406. The van der Waals surface area contributed by atoms with E-state index >= 15 is 0 Å². The molecule has 0 saturated carbocycles. The number of amides is 1. The predicted octanol–water partition coefficient (Wildman–Crippen LogP) is 1.03. The number of nitrogens with one attached hydrogen (secondary N) is 2. The molecule has 6 heteroatoms. The highest BCUT2D eigenvalue weighted by Gasteiger charge is 2.25. The summed E-state index contributed by atoms with van der Waals surface area (Å²) < 4.78 is 0. The molecule has 0 rings (SSSR count). The van der Waals surface area contributed by atoms with Crippen molar-refractivity contribution < 1.29 is 14.4 Å². The number of Topliss-reactive ketones (excluding diaryl/α,β-unsaturated/α-hetero) is 2. The maximum atomic E-state index is 12.2. The van der Waals surface area contributed by atoms with E-state index in [1.165, 1.54) is 0 Å². The first kappa shape index (κ1) is 21.7. The van der Waals surface area contributed by atoms with Crippen LogP contribution in [-0.2, 0) is 14.4 Å². The van der Waals surface area contributed by atoms with Crippen LogP contribution in [-0.4, -0.2) is 42.1 Å². The molecule has 0 aliphatic rings. The largest absolute Gasteiger partial charge is 0.349 e. The van der Waals surface area contributed by atoms with Gasteiger partial charge in [-0.05, 0) is 12.3 Å². The molecular weight excluding hydrogens is 294 g/mol. The van der Waals surface area contributed by atoms with Crippen LogP contribution in [0.3, 0.4) is 0 Å². The number of carbonyl (C=O) groups excluding carboxylic acids is 3. The zero-order valence-electron chi connectivity index (χ0n) is 15.3. The Balaban J connectivity index is 4.47. The second-order valence-electron chi connectivity index (χ2n) is 7.11. The maximum Gasteiger partial charge on any atom is 0.222 e. The van der Waals surface area contributed by atoms with Gasteiger partial charge in [-0.1, -0.05) is 41.5 Å². The predicted molar refractivity (Wildman–Crippen MR) is 92.0 cm³/mol. The fraction of sp³-hybridized carbons (Fsp3) is 0.824. The number of carbonyl (C=O) groups is 3. The van der Waals surface area contributed by atoms with Crippen molar-refractivity contribution >= 4 is 17.5 Å². The zero-order valence-corrected chi connectivity index (χ0v) is 15.3. The van der Waals surface area contributed by atoms with E-state index in [2.05, 4.69) is 10.6 Å². The quantitative estimate of drug-likeness (QED) is 0.526. The summed E-state index contributed by atoms with van der Waals surface area (Å²) in [7, 11) is 0. The van der Waals surface area contributed by atoms with Crippen LogP contribution in [0.4, 0.5) is 0 Å². The number of hydrogen-bond donors (Lipinski definition) is 3. The molecule has 0 fully saturated rings. The molecule has 4 N–H and O–H groups in total. The minimum Gasteiger partial charge on any atom is -0.349 e. The van der Waals surface area contributed by atoms with Crippen molar-refractivity contribution in [2.45, 2.75) is 72.5 Å². The maximum absolute atomic E-state index is 12.2. The highest BCUT2D eigenvalue weighted by Crippen LogP contribution is 2.06. The Hall–Kier alpha value is -1.27. The van der Waals surface area contributed by atoms with Crippen molar-refractivity contribution in [2.24, 2.45) is 17.6 Å². The molecule has 2 atom stereocenters. The monoisotopic (exact) mass is 327 g/mol. The van der Waals surface area contributed by atoms with Gasteiger partial charge in [0.05, 0.1) is 18.6 Å². The summed E-state index contributed by atoms with van der Waals surface area (Å²) in [6.07, 6.45) is 0.625. The summed E-state index contributed by atoms with van der Waals surface area (Å²) in [5.41, 5.74) is 5.79. The third kappa shape index (κ3) is 9.46. The first-order valence-electron chi connectivity index (χ1n) is 8.39. The molecule has 0 aromatic heterocycles. The van der Waals surface area contributed by atoms with Crippen LogP contribution in [0.15, 0.2) is 0 Å². The van der Waals surface area contributed by atoms with Crippen LogP contribution in [0.1, 0.15) is 54.4 Å². The van der Waals surface area contributed by atoms with Gasteiger partial charge in [-0.15, -0.1) is 0 Å². The van der Waals surface area contributed by atoms with Gasteiger partial charge in [0.2, 0.25) is 5.91 Å². The normalized spacial score (nSPS) is 14.2. The topological polar surface area (TPSA) is 101 Å². The Kier molecular flexibility index (Phi) is 9.91. The van der Waals surface area contributed by atoms with Crippen LogP contribution >= 0.6 is 0 Å². The second kappa shape index (κ2) is 10.5. The lowest BCUT2D eigenvalue weighted by Gasteiger charge is -2.21. The lowest BCUT2D eigenvalue weighted by Crippen LogP contribution is -2.47. The fourth-order valence-corrected chi connectivity index (χ4v) is 2.26. The van der Waals surface area contributed by atoms with Gasteiger partial charge in [-0.25, -0.2) is 0 Å². The molecule has 0 radical (unpaired) electrons. The van der Waals surface area contributed by atoms with Crippen LogP contribution in [0.5, 0.6) is 0 Å². The van der Waals surface area contributed by atoms with Gasteiger partial charge in [0, 0.05) is 18.4 Å². The summed E-state index contributed by atoms with van der Waals surface area (Å²) in [4.78, 5) is 36.0. The van der Waals surface area contributed by atoms with Crippen molar-refractivity contribution in [3.8, 4) is 0 Å². The highest BCUT2D eigenvalue weighted by atomic mass is 16.2. The first-order chi connectivity index (χ1) is 10.5. The van der Waals surface area contributed by atoms with Crippen molar-refractivity contribution in [3.63, 3.8) is 0 Å². The van der Waals surface area contributed by atoms with Crippen molar-refractivity contribution in [2.75, 3.05) is 6.54 Å². The summed E-state index contributed by atoms with van der Waals surface area (Å²) in [6.45, 7) is 11.4. The molecule has 0 saturated heterocycles. The Labute approximate surface area is 140 Å². The summed E-state index contributed by atoms with van der Waals surface area (Å²) in [6, 6.07) is -0.997. The molecule has 0 spiro atoms. The number of nitrogens with two attached hydrogens (primary N) is 1. The molecule has 0 aromatic rings. The van der Waals surface area contributed by atoms with E-state index in [1.54, 1.807) is 0 Å². The van der Waals surface area contributed by atoms with Crippen LogP contribution in [0.25, 0.3) is 0 Å². The molecule has 0 heterocycles. The molecule has 1 amide bonds. The standard InChI is InChI=1S/C17H33N3O3/c1-10(2)7-13(18)15(21)9-19-16(22)8-14(20-12(5)6)17(23)11(3)4/h10-14,20H,7-9,18H2,1-6H3,(H,19,22). The molecule has 0 aliphatic carbocycles. The van der Waals surface area contributed by atoms with Crippen LogP contribution < -0.4 is 16.4 Å². The van der Waals surface area contributed by atoms with Crippen molar-refractivity contribution in [1.29, 1.82) is 0 Å². The van der Waals surface area contributed by atoms with Gasteiger partial charge in [0.15, 0.2) is 11.6 Å². The van der Waals surface area contributed by atoms with Crippen LogP contribution in [0.2, 0.25) is 0 Å². The Morgan fingerprint density at radius 3 is 2.00 bits per heavy atom. The smallest absolute Gasteiger partial charge is 0.222 e. The molecule has 134 valence electrons.